The molecule has 1 atom stereocenters. The fourth-order valence-corrected chi connectivity index (χ4v) is 4.06. The Morgan fingerprint density at radius 1 is 1.09 bits per heavy atom. The number of benzene rings is 2. The molecule has 8 heteroatoms. The Balaban J connectivity index is 1.71. The molecule has 1 aliphatic heterocycles. The maximum absolute atomic E-state index is 13.3. The number of hydrogen-bond donors (Lipinski definition) is 3. The van der Waals surface area contributed by atoms with Gasteiger partial charge in [-0.05, 0) is 30.0 Å². The largest absolute Gasteiger partial charge is 0.416 e. The first-order valence-corrected chi connectivity index (χ1v) is 10.7. The van der Waals surface area contributed by atoms with Gasteiger partial charge in [-0.1, -0.05) is 48.5 Å². The molecule has 0 radical (unpaired) electrons. The van der Waals surface area contributed by atoms with Gasteiger partial charge in [-0.15, -0.1) is 0 Å². The number of aliphatic imine (C=N–C) groups is 1. The van der Waals surface area contributed by atoms with Crippen LogP contribution in [0.2, 0.25) is 0 Å². The Bertz CT molecular complexity index is 882. The molecule has 2 aromatic carbocycles. The lowest BCUT2D eigenvalue weighted by Gasteiger charge is -2.38. The summed E-state index contributed by atoms with van der Waals surface area (Å²) < 4.78 is 45.4. The summed E-state index contributed by atoms with van der Waals surface area (Å²) in [6, 6.07) is 15.3. The van der Waals surface area contributed by atoms with Gasteiger partial charge in [-0.25, -0.2) is 0 Å². The number of aliphatic hydroxyl groups is 1. The molecule has 5 nitrogen and oxygen atoms in total. The van der Waals surface area contributed by atoms with Crippen LogP contribution in [0.15, 0.2) is 59.6 Å². The molecule has 174 valence electrons. The summed E-state index contributed by atoms with van der Waals surface area (Å²) in [6.45, 7) is 1.86. The number of aliphatic hydroxyl groups excluding tert-OH is 1. The molecular formula is C24H30F3N3O2. The number of hydrogen-bond acceptors (Lipinski definition) is 3. The maximum atomic E-state index is 13.3. The van der Waals surface area contributed by atoms with Crippen molar-refractivity contribution in [1.29, 1.82) is 0 Å². The van der Waals surface area contributed by atoms with Crippen LogP contribution in [0.3, 0.4) is 0 Å². The predicted octanol–water partition coefficient (Wildman–Crippen LogP) is 3.69. The molecule has 3 rings (SSSR count). The van der Waals surface area contributed by atoms with Gasteiger partial charge in [0.15, 0.2) is 5.96 Å². The normalized spacial score (nSPS) is 17.6. The molecule has 1 unspecified atom stereocenters. The topological polar surface area (TPSA) is 65.9 Å². The van der Waals surface area contributed by atoms with Crippen LogP contribution in [0.25, 0.3) is 0 Å². The summed E-state index contributed by atoms with van der Waals surface area (Å²) in [7, 11) is 1.65. The van der Waals surface area contributed by atoms with Crippen molar-refractivity contribution < 1.29 is 23.0 Å². The van der Waals surface area contributed by atoms with Crippen molar-refractivity contribution in [2.45, 2.75) is 30.4 Å². The third kappa shape index (κ3) is 6.01. The molecule has 1 fully saturated rings. The summed E-state index contributed by atoms with van der Waals surface area (Å²) in [5, 5.41) is 16.3. The van der Waals surface area contributed by atoms with E-state index in [4.69, 9.17) is 4.74 Å². The van der Waals surface area contributed by atoms with Gasteiger partial charge in [-0.3, -0.25) is 4.99 Å². The molecule has 0 spiro atoms. The number of alkyl halides is 3. The minimum atomic E-state index is -4.38. The van der Waals surface area contributed by atoms with E-state index < -0.39 is 17.2 Å². The Hall–Kier alpha value is -2.58. The van der Waals surface area contributed by atoms with E-state index in [0.29, 0.717) is 50.7 Å². The summed E-state index contributed by atoms with van der Waals surface area (Å²) in [5.74, 6) is 0.437. The molecule has 1 heterocycles. The molecule has 0 aromatic heterocycles. The van der Waals surface area contributed by atoms with Crippen LogP contribution in [0.1, 0.15) is 35.4 Å². The average molecular weight is 450 g/mol. The summed E-state index contributed by atoms with van der Waals surface area (Å²) in [5.41, 5.74) is 0.531. The second-order valence-electron chi connectivity index (χ2n) is 8.07. The maximum Gasteiger partial charge on any atom is 0.416 e. The zero-order chi connectivity index (χ0) is 23.0. The lowest BCUT2D eigenvalue weighted by molar-refractivity contribution is -0.137. The van der Waals surface area contributed by atoms with Gasteiger partial charge in [0.05, 0.1) is 12.2 Å². The highest BCUT2D eigenvalue weighted by Crippen LogP contribution is 2.37. The van der Waals surface area contributed by atoms with Crippen molar-refractivity contribution in [2.24, 2.45) is 4.99 Å². The molecule has 1 saturated heterocycles. The van der Waals surface area contributed by atoms with Crippen LogP contribution in [0, 0.1) is 0 Å². The summed E-state index contributed by atoms with van der Waals surface area (Å²) in [6.07, 6.45) is -3.16. The molecule has 0 bridgehead atoms. The summed E-state index contributed by atoms with van der Waals surface area (Å²) >= 11 is 0. The third-order valence-electron chi connectivity index (χ3n) is 6.08. The number of guanidine groups is 1. The predicted molar refractivity (Wildman–Crippen MR) is 119 cm³/mol. The van der Waals surface area contributed by atoms with E-state index in [-0.39, 0.29) is 12.5 Å². The number of ether oxygens (including phenoxy) is 1. The standard InChI is InChI=1S/C24H30F3N3O2/c1-28-22(29-15-19(16-31)18-6-3-2-4-7-18)30-17-23(10-12-32-13-11-23)20-8-5-9-21(14-20)24(25,26)27/h2-9,14,19,31H,10-13,15-17H2,1H3,(H2,28,29,30). The number of halogens is 3. The van der Waals surface area contributed by atoms with Crippen molar-refractivity contribution in [1.82, 2.24) is 10.6 Å². The summed E-state index contributed by atoms with van der Waals surface area (Å²) in [4.78, 5) is 4.26. The Morgan fingerprint density at radius 3 is 2.44 bits per heavy atom. The first kappa shape index (κ1) is 24.1. The smallest absolute Gasteiger partial charge is 0.396 e. The zero-order valence-corrected chi connectivity index (χ0v) is 18.2. The highest BCUT2D eigenvalue weighted by Gasteiger charge is 2.37. The van der Waals surface area contributed by atoms with Crippen molar-refractivity contribution in [2.75, 3.05) is 40.0 Å². The molecule has 1 aliphatic rings. The second-order valence-corrected chi connectivity index (χ2v) is 8.07. The van der Waals surface area contributed by atoms with Crippen molar-refractivity contribution in [3.05, 3.63) is 71.3 Å². The van der Waals surface area contributed by atoms with Crippen LogP contribution in [0.4, 0.5) is 13.2 Å². The fourth-order valence-electron chi connectivity index (χ4n) is 4.06. The molecule has 32 heavy (non-hydrogen) atoms. The molecule has 0 aliphatic carbocycles. The lowest BCUT2D eigenvalue weighted by Crippen LogP contribution is -2.48. The van der Waals surface area contributed by atoms with Gasteiger partial charge in [0.25, 0.3) is 0 Å². The second kappa shape index (κ2) is 10.8. The highest BCUT2D eigenvalue weighted by atomic mass is 19.4. The van der Waals surface area contributed by atoms with Crippen LogP contribution < -0.4 is 10.6 Å². The van der Waals surface area contributed by atoms with Crippen LogP contribution in [0.5, 0.6) is 0 Å². The number of nitrogens with one attached hydrogen (secondary N) is 2. The van der Waals surface area contributed by atoms with Crippen LogP contribution in [-0.4, -0.2) is 51.0 Å². The van der Waals surface area contributed by atoms with E-state index in [1.165, 1.54) is 12.1 Å². The van der Waals surface area contributed by atoms with Gasteiger partial charge in [0.1, 0.15) is 0 Å². The van der Waals surface area contributed by atoms with E-state index in [1.807, 2.05) is 30.3 Å². The zero-order valence-electron chi connectivity index (χ0n) is 18.2. The van der Waals surface area contributed by atoms with Gasteiger partial charge in [-0.2, -0.15) is 13.2 Å². The molecule has 0 amide bonds. The number of rotatable bonds is 7. The SMILES string of the molecule is CN=C(NCC(CO)c1ccccc1)NCC1(c2cccc(C(F)(F)F)c2)CCOCC1. The quantitative estimate of drug-likeness (QED) is 0.446. The van der Waals surface area contributed by atoms with E-state index >= 15 is 0 Å². The van der Waals surface area contributed by atoms with Gasteiger partial charge in [0, 0.05) is 44.7 Å². The van der Waals surface area contributed by atoms with Crippen molar-refractivity contribution >= 4 is 5.96 Å². The first-order chi connectivity index (χ1) is 15.4. The lowest BCUT2D eigenvalue weighted by atomic mass is 9.73. The highest BCUT2D eigenvalue weighted by molar-refractivity contribution is 5.79. The Labute approximate surface area is 186 Å². The van der Waals surface area contributed by atoms with Crippen molar-refractivity contribution in [3.8, 4) is 0 Å². The molecule has 3 N–H and O–H groups in total. The Morgan fingerprint density at radius 2 is 1.81 bits per heavy atom. The Kier molecular flexibility index (Phi) is 8.15. The third-order valence-corrected chi connectivity index (χ3v) is 6.08. The van der Waals surface area contributed by atoms with E-state index in [1.54, 1.807) is 13.1 Å². The van der Waals surface area contributed by atoms with Crippen LogP contribution in [-0.2, 0) is 16.3 Å². The fraction of sp³-hybridized carbons (Fsp3) is 0.458. The monoisotopic (exact) mass is 449 g/mol. The van der Waals surface area contributed by atoms with Crippen molar-refractivity contribution in [3.63, 3.8) is 0 Å². The van der Waals surface area contributed by atoms with E-state index in [0.717, 1.165) is 11.6 Å². The van der Waals surface area contributed by atoms with Crippen LogP contribution >= 0.6 is 0 Å². The van der Waals surface area contributed by atoms with Gasteiger partial charge < -0.3 is 20.5 Å². The average Bonchev–Trinajstić information content (AvgIpc) is 2.82. The van der Waals surface area contributed by atoms with E-state index in [9.17, 15) is 18.3 Å². The van der Waals surface area contributed by atoms with Gasteiger partial charge >= 0.3 is 6.18 Å². The molecule has 2 aromatic rings. The van der Waals surface area contributed by atoms with Gasteiger partial charge in [0.2, 0.25) is 0 Å². The molecular weight excluding hydrogens is 419 g/mol. The number of nitrogens with zero attached hydrogens (tertiary/aromatic N) is 1. The minimum Gasteiger partial charge on any atom is -0.396 e. The van der Waals surface area contributed by atoms with E-state index in [2.05, 4.69) is 15.6 Å². The first-order valence-electron chi connectivity index (χ1n) is 10.7. The molecule has 0 saturated carbocycles. The minimum absolute atomic E-state index is 0.0144.